The molecule has 23 heavy (non-hydrogen) atoms. The molecule has 0 radical (unpaired) electrons. The number of benzene rings is 2. The van der Waals surface area contributed by atoms with Crippen molar-refractivity contribution in [3.8, 4) is 0 Å². The van der Waals surface area contributed by atoms with Crippen LogP contribution in [0.25, 0.3) is 0 Å². The summed E-state index contributed by atoms with van der Waals surface area (Å²) in [7, 11) is 0. The van der Waals surface area contributed by atoms with Crippen molar-refractivity contribution in [3.63, 3.8) is 0 Å². The van der Waals surface area contributed by atoms with E-state index in [0.29, 0.717) is 18.0 Å². The second-order valence-corrected chi connectivity index (χ2v) is 5.70. The number of aliphatic hydroxyl groups is 1. The summed E-state index contributed by atoms with van der Waals surface area (Å²) in [5.74, 6) is -0.0844. The fourth-order valence-electron chi connectivity index (χ4n) is 2.28. The van der Waals surface area contributed by atoms with Crippen molar-refractivity contribution in [2.24, 2.45) is 0 Å². The number of hydrogen-bond donors (Lipinski definition) is 3. The van der Waals surface area contributed by atoms with Gasteiger partial charge in [-0.15, -0.1) is 0 Å². The van der Waals surface area contributed by atoms with E-state index in [1.165, 1.54) is 0 Å². The number of rotatable bonds is 8. The Hall–Kier alpha value is -1.88. The van der Waals surface area contributed by atoms with Gasteiger partial charge >= 0.3 is 0 Å². The predicted molar refractivity (Wildman–Crippen MR) is 92.2 cm³/mol. The lowest BCUT2D eigenvalue weighted by Crippen LogP contribution is -2.35. The summed E-state index contributed by atoms with van der Waals surface area (Å²) in [5, 5.41) is 15.9. The van der Waals surface area contributed by atoms with Gasteiger partial charge < -0.3 is 15.7 Å². The summed E-state index contributed by atoms with van der Waals surface area (Å²) < 4.78 is 0. The Labute approximate surface area is 141 Å². The average Bonchev–Trinajstić information content (AvgIpc) is 2.59. The summed E-state index contributed by atoms with van der Waals surface area (Å²) in [6, 6.07) is 17.1. The lowest BCUT2D eigenvalue weighted by atomic mass is 10.0. The number of carbonyl (C=O) groups is 1. The van der Waals surface area contributed by atoms with Crippen LogP contribution in [0.1, 0.15) is 23.6 Å². The normalized spacial score (nSPS) is 11.9. The maximum absolute atomic E-state index is 12.0. The Morgan fingerprint density at radius 3 is 2.43 bits per heavy atom. The summed E-state index contributed by atoms with van der Waals surface area (Å²) >= 11 is 5.83. The van der Waals surface area contributed by atoms with Crippen LogP contribution in [0.15, 0.2) is 54.6 Å². The third kappa shape index (κ3) is 6.02. The first-order chi connectivity index (χ1) is 11.2. The van der Waals surface area contributed by atoms with Gasteiger partial charge in [-0.25, -0.2) is 0 Å². The standard InChI is InChI=1S/C18H21ClN2O2/c19-16-8-6-14(7-9-16)12-21-18(23)13-20-17(10-11-22)15-4-2-1-3-5-15/h1-9,17,20,22H,10-13H2,(H,21,23). The van der Waals surface area contributed by atoms with Crippen molar-refractivity contribution in [2.45, 2.75) is 19.0 Å². The van der Waals surface area contributed by atoms with E-state index in [0.717, 1.165) is 11.1 Å². The third-order valence-corrected chi connectivity index (χ3v) is 3.78. The highest BCUT2D eigenvalue weighted by molar-refractivity contribution is 6.30. The zero-order valence-corrected chi connectivity index (χ0v) is 13.6. The van der Waals surface area contributed by atoms with Crippen LogP contribution < -0.4 is 10.6 Å². The molecule has 5 heteroatoms. The Morgan fingerprint density at radius 1 is 1.09 bits per heavy atom. The number of aliphatic hydroxyl groups excluding tert-OH is 1. The quantitative estimate of drug-likeness (QED) is 0.696. The number of amides is 1. The van der Waals surface area contributed by atoms with Gasteiger partial charge in [0, 0.05) is 24.2 Å². The minimum Gasteiger partial charge on any atom is -0.396 e. The van der Waals surface area contributed by atoms with E-state index in [1.54, 1.807) is 12.1 Å². The van der Waals surface area contributed by atoms with Gasteiger partial charge in [0.1, 0.15) is 0 Å². The molecule has 0 bridgehead atoms. The van der Waals surface area contributed by atoms with Crippen LogP contribution in [0, 0.1) is 0 Å². The first kappa shape index (κ1) is 17.5. The van der Waals surface area contributed by atoms with Gasteiger partial charge in [-0.05, 0) is 29.7 Å². The van der Waals surface area contributed by atoms with Crippen molar-refractivity contribution >= 4 is 17.5 Å². The zero-order valence-electron chi connectivity index (χ0n) is 12.8. The van der Waals surface area contributed by atoms with Crippen LogP contribution in [0.3, 0.4) is 0 Å². The molecule has 2 aromatic rings. The molecule has 0 aromatic heterocycles. The molecule has 1 amide bonds. The van der Waals surface area contributed by atoms with Crippen molar-refractivity contribution < 1.29 is 9.90 Å². The van der Waals surface area contributed by atoms with Gasteiger partial charge in [0.2, 0.25) is 5.91 Å². The number of carbonyl (C=O) groups excluding carboxylic acids is 1. The molecular formula is C18H21ClN2O2. The Morgan fingerprint density at radius 2 is 1.78 bits per heavy atom. The van der Waals surface area contributed by atoms with Crippen LogP contribution in [0.5, 0.6) is 0 Å². The second-order valence-electron chi connectivity index (χ2n) is 5.26. The van der Waals surface area contributed by atoms with Crippen molar-refractivity contribution in [1.82, 2.24) is 10.6 Å². The molecule has 1 atom stereocenters. The van der Waals surface area contributed by atoms with Gasteiger partial charge in [0.05, 0.1) is 6.54 Å². The molecule has 1 unspecified atom stereocenters. The monoisotopic (exact) mass is 332 g/mol. The van der Waals surface area contributed by atoms with Crippen LogP contribution >= 0.6 is 11.6 Å². The predicted octanol–water partition coefficient (Wildman–Crippen LogP) is 2.67. The average molecular weight is 333 g/mol. The van der Waals surface area contributed by atoms with Crippen LogP contribution in [0.2, 0.25) is 5.02 Å². The fraction of sp³-hybridized carbons (Fsp3) is 0.278. The van der Waals surface area contributed by atoms with Gasteiger partial charge in [-0.3, -0.25) is 4.79 Å². The Kier molecular flexibility index (Phi) is 7.07. The molecule has 0 aliphatic rings. The molecule has 4 nitrogen and oxygen atoms in total. The highest BCUT2D eigenvalue weighted by Crippen LogP contribution is 2.15. The molecule has 0 aliphatic heterocycles. The fourth-order valence-corrected chi connectivity index (χ4v) is 2.41. The van der Waals surface area contributed by atoms with Crippen LogP contribution in [0.4, 0.5) is 0 Å². The molecule has 0 heterocycles. The maximum Gasteiger partial charge on any atom is 0.234 e. The first-order valence-electron chi connectivity index (χ1n) is 7.59. The van der Waals surface area contributed by atoms with Gasteiger partial charge in [0.25, 0.3) is 0 Å². The molecular weight excluding hydrogens is 312 g/mol. The highest BCUT2D eigenvalue weighted by atomic mass is 35.5. The maximum atomic E-state index is 12.0. The molecule has 0 fully saturated rings. The van der Waals surface area contributed by atoms with Gasteiger partial charge in [-0.1, -0.05) is 54.1 Å². The molecule has 0 aliphatic carbocycles. The molecule has 0 spiro atoms. The van der Waals surface area contributed by atoms with Crippen molar-refractivity contribution in [3.05, 3.63) is 70.7 Å². The van der Waals surface area contributed by atoms with Crippen LogP contribution in [-0.4, -0.2) is 24.2 Å². The van der Waals surface area contributed by atoms with E-state index in [1.807, 2.05) is 42.5 Å². The lowest BCUT2D eigenvalue weighted by molar-refractivity contribution is -0.120. The van der Waals surface area contributed by atoms with E-state index in [4.69, 9.17) is 11.6 Å². The molecule has 2 aromatic carbocycles. The Balaban J connectivity index is 1.80. The molecule has 2 rings (SSSR count). The van der Waals surface area contributed by atoms with Crippen LogP contribution in [-0.2, 0) is 11.3 Å². The molecule has 0 saturated heterocycles. The first-order valence-corrected chi connectivity index (χ1v) is 7.97. The largest absolute Gasteiger partial charge is 0.396 e. The topological polar surface area (TPSA) is 61.4 Å². The third-order valence-electron chi connectivity index (χ3n) is 3.53. The summed E-state index contributed by atoms with van der Waals surface area (Å²) in [6.07, 6.45) is 0.564. The second kappa shape index (κ2) is 9.30. The minimum absolute atomic E-state index is 0.0394. The lowest BCUT2D eigenvalue weighted by Gasteiger charge is -2.18. The van der Waals surface area contributed by atoms with Gasteiger partial charge in [-0.2, -0.15) is 0 Å². The Bertz CT molecular complexity index is 602. The number of halogens is 1. The van der Waals surface area contributed by atoms with E-state index in [-0.39, 0.29) is 25.1 Å². The number of hydrogen-bond acceptors (Lipinski definition) is 3. The van der Waals surface area contributed by atoms with E-state index in [9.17, 15) is 9.90 Å². The molecule has 122 valence electrons. The molecule has 3 N–H and O–H groups in total. The minimum atomic E-state index is -0.0844. The molecule has 0 saturated carbocycles. The smallest absolute Gasteiger partial charge is 0.234 e. The SMILES string of the molecule is O=C(CNC(CCO)c1ccccc1)NCc1ccc(Cl)cc1. The summed E-state index contributed by atoms with van der Waals surface area (Å²) in [6.45, 7) is 0.736. The van der Waals surface area contributed by atoms with Crippen molar-refractivity contribution in [2.75, 3.05) is 13.2 Å². The van der Waals surface area contributed by atoms with E-state index in [2.05, 4.69) is 10.6 Å². The number of nitrogens with one attached hydrogen (secondary N) is 2. The summed E-state index contributed by atoms with van der Waals surface area (Å²) in [5.41, 5.74) is 2.06. The van der Waals surface area contributed by atoms with Crippen molar-refractivity contribution in [1.29, 1.82) is 0 Å². The van der Waals surface area contributed by atoms with Gasteiger partial charge in [0.15, 0.2) is 0 Å². The zero-order chi connectivity index (χ0) is 16.5. The highest BCUT2D eigenvalue weighted by Gasteiger charge is 2.11. The summed E-state index contributed by atoms with van der Waals surface area (Å²) in [4.78, 5) is 12.0. The van der Waals surface area contributed by atoms with E-state index >= 15 is 0 Å². The van der Waals surface area contributed by atoms with E-state index < -0.39 is 0 Å².